The van der Waals surface area contributed by atoms with Crippen molar-refractivity contribution in [2.75, 3.05) is 5.32 Å². The van der Waals surface area contributed by atoms with E-state index in [2.05, 4.69) is 22.4 Å². The molecule has 1 heterocycles. The molecular formula is C21H21N3O. The predicted octanol–water partition coefficient (Wildman–Crippen LogP) is 3.97. The lowest BCUT2D eigenvalue weighted by molar-refractivity contribution is -0.119. The minimum absolute atomic E-state index is 0.00237. The fourth-order valence-corrected chi connectivity index (χ4v) is 3.64. The number of amides is 1. The summed E-state index contributed by atoms with van der Waals surface area (Å²) in [4.78, 5) is 17.1. The minimum atomic E-state index is 0.00237. The average Bonchev–Trinajstić information content (AvgIpc) is 3.09. The zero-order valence-corrected chi connectivity index (χ0v) is 14.0. The molecule has 0 unspecified atom stereocenters. The third-order valence-electron chi connectivity index (χ3n) is 4.96. The molecule has 0 aliphatic heterocycles. The van der Waals surface area contributed by atoms with E-state index in [4.69, 9.17) is 5.73 Å². The van der Waals surface area contributed by atoms with E-state index >= 15 is 0 Å². The number of carbonyl (C=O) groups is 1. The van der Waals surface area contributed by atoms with Gasteiger partial charge in [0.15, 0.2) is 0 Å². The number of nitrogens with one attached hydrogen (secondary N) is 1. The topological polar surface area (TPSA) is 68.0 Å². The summed E-state index contributed by atoms with van der Waals surface area (Å²) in [5, 5.41) is 4.11. The highest BCUT2D eigenvalue weighted by atomic mass is 16.1. The van der Waals surface area contributed by atoms with E-state index in [0.29, 0.717) is 0 Å². The Bertz CT molecular complexity index is 907. The molecule has 0 bridgehead atoms. The van der Waals surface area contributed by atoms with Crippen molar-refractivity contribution in [2.24, 2.45) is 11.7 Å². The van der Waals surface area contributed by atoms with Crippen LogP contribution in [0, 0.1) is 5.92 Å². The van der Waals surface area contributed by atoms with Gasteiger partial charge in [0.1, 0.15) is 0 Å². The molecule has 2 aromatic carbocycles. The molecule has 1 aliphatic rings. The second-order valence-electron chi connectivity index (χ2n) is 6.69. The molecule has 3 N–H and O–H groups in total. The largest absolute Gasteiger partial charge is 0.328 e. The molecule has 4 rings (SSSR count). The van der Waals surface area contributed by atoms with Gasteiger partial charge < -0.3 is 11.1 Å². The van der Waals surface area contributed by atoms with E-state index in [-0.39, 0.29) is 17.9 Å². The number of para-hydroxylation sites is 1. The Morgan fingerprint density at radius 2 is 1.88 bits per heavy atom. The van der Waals surface area contributed by atoms with E-state index in [1.807, 2.05) is 42.5 Å². The summed E-state index contributed by atoms with van der Waals surface area (Å²) < 4.78 is 0. The van der Waals surface area contributed by atoms with Crippen LogP contribution in [0.25, 0.3) is 22.0 Å². The molecule has 2 atom stereocenters. The zero-order chi connectivity index (χ0) is 17.2. The second-order valence-corrected chi connectivity index (χ2v) is 6.69. The van der Waals surface area contributed by atoms with E-state index < -0.39 is 0 Å². The van der Waals surface area contributed by atoms with E-state index in [1.54, 1.807) is 6.20 Å². The van der Waals surface area contributed by atoms with Crippen molar-refractivity contribution in [3.05, 3.63) is 60.8 Å². The standard InChI is InChI=1S/C21H21N3O/c22-16-10-9-15(13-16)21(25)24-19-8-4-7-18-17(11-12-23-20(18)19)14-5-2-1-3-6-14/h1-8,11-12,15-16H,9-10,13,22H2,(H,24,25)/t15-,16+/m1/s1. The van der Waals surface area contributed by atoms with Gasteiger partial charge in [-0.15, -0.1) is 0 Å². The number of aromatic nitrogens is 1. The maximum Gasteiger partial charge on any atom is 0.227 e. The number of nitrogens with zero attached hydrogens (tertiary/aromatic N) is 1. The normalized spacial score (nSPS) is 19.9. The quantitative estimate of drug-likeness (QED) is 0.763. The smallest absolute Gasteiger partial charge is 0.227 e. The molecule has 1 amide bonds. The van der Waals surface area contributed by atoms with Crippen molar-refractivity contribution in [1.82, 2.24) is 4.98 Å². The number of carbonyl (C=O) groups excluding carboxylic acids is 1. The fourth-order valence-electron chi connectivity index (χ4n) is 3.64. The van der Waals surface area contributed by atoms with Crippen molar-refractivity contribution in [3.63, 3.8) is 0 Å². The molecule has 3 aromatic rings. The Labute approximate surface area is 147 Å². The van der Waals surface area contributed by atoms with E-state index in [0.717, 1.165) is 47.0 Å². The summed E-state index contributed by atoms with van der Waals surface area (Å²) >= 11 is 0. The zero-order valence-electron chi connectivity index (χ0n) is 14.0. The third kappa shape index (κ3) is 3.13. The van der Waals surface area contributed by atoms with Gasteiger partial charge in [-0.1, -0.05) is 42.5 Å². The van der Waals surface area contributed by atoms with Crippen LogP contribution >= 0.6 is 0 Å². The van der Waals surface area contributed by atoms with Gasteiger partial charge in [0, 0.05) is 23.5 Å². The van der Waals surface area contributed by atoms with Crippen LogP contribution in [0.3, 0.4) is 0 Å². The molecule has 4 nitrogen and oxygen atoms in total. The van der Waals surface area contributed by atoms with Gasteiger partial charge in [-0.05, 0) is 42.5 Å². The molecule has 0 radical (unpaired) electrons. The van der Waals surface area contributed by atoms with Crippen LogP contribution < -0.4 is 11.1 Å². The molecular weight excluding hydrogens is 310 g/mol. The fraction of sp³-hybridized carbons (Fsp3) is 0.238. The summed E-state index contributed by atoms with van der Waals surface area (Å²) in [6, 6.07) is 18.3. The second kappa shape index (κ2) is 6.65. The van der Waals surface area contributed by atoms with Crippen molar-refractivity contribution in [2.45, 2.75) is 25.3 Å². The number of fused-ring (bicyclic) bond motifs is 1. The monoisotopic (exact) mass is 331 g/mol. The summed E-state index contributed by atoms with van der Waals surface area (Å²) in [7, 11) is 0. The molecule has 0 saturated heterocycles. The Morgan fingerprint density at radius 3 is 2.64 bits per heavy atom. The van der Waals surface area contributed by atoms with Gasteiger partial charge in [0.05, 0.1) is 11.2 Å². The van der Waals surface area contributed by atoms with Crippen molar-refractivity contribution in [3.8, 4) is 11.1 Å². The lowest BCUT2D eigenvalue weighted by Gasteiger charge is -2.14. The van der Waals surface area contributed by atoms with Crippen LogP contribution in [0.4, 0.5) is 5.69 Å². The van der Waals surface area contributed by atoms with Gasteiger partial charge in [-0.3, -0.25) is 9.78 Å². The average molecular weight is 331 g/mol. The first-order chi connectivity index (χ1) is 12.2. The van der Waals surface area contributed by atoms with Crippen LogP contribution in [0.15, 0.2) is 60.8 Å². The summed E-state index contributed by atoms with van der Waals surface area (Å²) in [6.45, 7) is 0. The van der Waals surface area contributed by atoms with E-state index in [9.17, 15) is 4.79 Å². The van der Waals surface area contributed by atoms with Crippen LogP contribution in [-0.4, -0.2) is 16.9 Å². The SMILES string of the molecule is N[C@H]1CC[C@@H](C(=O)Nc2cccc3c(-c4ccccc4)ccnc23)C1. The molecule has 25 heavy (non-hydrogen) atoms. The lowest BCUT2D eigenvalue weighted by Crippen LogP contribution is -2.23. The van der Waals surface area contributed by atoms with Gasteiger partial charge in [0.25, 0.3) is 0 Å². The van der Waals surface area contributed by atoms with Crippen LogP contribution in [-0.2, 0) is 4.79 Å². The summed E-state index contributed by atoms with van der Waals surface area (Å²) in [5.74, 6) is 0.0509. The van der Waals surface area contributed by atoms with Crippen molar-refractivity contribution in [1.29, 1.82) is 0 Å². The minimum Gasteiger partial charge on any atom is -0.328 e. The highest BCUT2D eigenvalue weighted by molar-refractivity contribution is 6.05. The Kier molecular flexibility index (Phi) is 4.20. The first kappa shape index (κ1) is 15.8. The number of hydrogen-bond donors (Lipinski definition) is 2. The highest BCUT2D eigenvalue weighted by Gasteiger charge is 2.28. The van der Waals surface area contributed by atoms with E-state index in [1.165, 1.54) is 0 Å². The summed E-state index contributed by atoms with van der Waals surface area (Å²) in [5.41, 5.74) is 9.78. The molecule has 1 aromatic heterocycles. The Hall–Kier alpha value is -2.72. The Balaban J connectivity index is 1.70. The lowest BCUT2D eigenvalue weighted by atomic mass is 10.0. The van der Waals surface area contributed by atoms with Crippen molar-refractivity contribution >= 4 is 22.5 Å². The molecule has 1 aliphatic carbocycles. The van der Waals surface area contributed by atoms with Crippen LogP contribution in [0.1, 0.15) is 19.3 Å². The number of benzene rings is 2. The molecule has 4 heteroatoms. The highest BCUT2D eigenvalue weighted by Crippen LogP contribution is 2.32. The predicted molar refractivity (Wildman–Crippen MR) is 101 cm³/mol. The number of pyridine rings is 1. The maximum absolute atomic E-state index is 12.6. The molecule has 0 spiro atoms. The Morgan fingerprint density at radius 1 is 1.04 bits per heavy atom. The summed E-state index contributed by atoms with van der Waals surface area (Å²) in [6.07, 6.45) is 4.34. The van der Waals surface area contributed by atoms with Gasteiger partial charge in [-0.25, -0.2) is 0 Å². The number of anilines is 1. The molecule has 126 valence electrons. The number of hydrogen-bond acceptors (Lipinski definition) is 3. The molecule has 1 saturated carbocycles. The number of rotatable bonds is 3. The van der Waals surface area contributed by atoms with Crippen molar-refractivity contribution < 1.29 is 4.79 Å². The first-order valence-electron chi connectivity index (χ1n) is 8.72. The number of nitrogens with two attached hydrogens (primary N) is 1. The van der Waals surface area contributed by atoms with Gasteiger partial charge in [0.2, 0.25) is 5.91 Å². The first-order valence-corrected chi connectivity index (χ1v) is 8.72. The van der Waals surface area contributed by atoms with Gasteiger partial charge in [-0.2, -0.15) is 0 Å². The van der Waals surface area contributed by atoms with Crippen LogP contribution in [0.5, 0.6) is 0 Å². The maximum atomic E-state index is 12.6. The van der Waals surface area contributed by atoms with Crippen LogP contribution in [0.2, 0.25) is 0 Å². The van der Waals surface area contributed by atoms with Gasteiger partial charge >= 0.3 is 0 Å². The third-order valence-corrected chi connectivity index (χ3v) is 4.96. The molecule has 1 fully saturated rings.